The molecule has 0 radical (unpaired) electrons. The maximum Gasteiger partial charge on any atom is 0.191 e. The second-order valence-electron chi connectivity index (χ2n) is 5.64. The molecule has 6 heteroatoms. The van der Waals surface area contributed by atoms with Gasteiger partial charge in [-0.3, -0.25) is 9.67 Å². The van der Waals surface area contributed by atoms with Gasteiger partial charge in [0.1, 0.15) is 0 Å². The zero-order valence-electron chi connectivity index (χ0n) is 14.5. The average Bonchev–Trinajstić information content (AvgIpc) is 3.10. The zero-order chi connectivity index (χ0) is 17.0. The third kappa shape index (κ3) is 7.08. The summed E-state index contributed by atoms with van der Waals surface area (Å²) in [7, 11) is 0. The van der Waals surface area contributed by atoms with Crippen LogP contribution in [0.3, 0.4) is 0 Å². The summed E-state index contributed by atoms with van der Waals surface area (Å²) in [6.07, 6.45) is 3.80. The number of aliphatic imine (C=N–C) groups is 1. The lowest BCUT2D eigenvalue weighted by molar-refractivity contribution is 0.458. The molecule has 0 bridgehead atoms. The maximum atomic E-state index is 4.68. The molecule has 2 rings (SSSR count). The van der Waals surface area contributed by atoms with Crippen LogP contribution < -0.4 is 10.6 Å². The summed E-state index contributed by atoms with van der Waals surface area (Å²) >= 11 is 1.85. The summed E-state index contributed by atoms with van der Waals surface area (Å²) in [5.41, 5.74) is 0. The lowest BCUT2D eigenvalue weighted by Crippen LogP contribution is -2.38. The van der Waals surface area contributed by atoms with E-state index in [4.69, 9.17) is 0 Å². The van der Waals surface area contributed by atoms with Gasteiger partial charge in [-0.25, -0.2) is 0 Å². The van der Waals surface area contributed by atoms with E-state index in [0.717, 1.165) is 37.9 Å². The van der Waals surface area contributed by atoms with Crippen LogP contribution in [-0.2, 0) is 6.54 Å². The molecule has 1 atom stereocenters. The van der Waals surface area contributed by atoms with E-state index < -0.39 is 0 Å². The minimum atomic E-state index is 0.444. The van der Waals surface area contributed by atoms with Crippen LogP contribution in [0.15, 0.2) is 58.7 Å². The molecule has 0 aliphatic rings. The summed E-state index contributed by atoms with van der Waals surface area (Å²) in [5.74, 6) is 2.34. The predicted octanol–water partition coefficient (Wildman–Crippen LogP) is 2.87. The molecule has 0 saturated carbocycles. The summed E-state index contributed by atoms with van der Waals surface area (Å²) < 4.78 is 1.96. The molecule has 1 aromatic carbocycles. The number of aromatic nitrogens is 2. The Morgan fingerprint density at radius 3 is 2.79 bits per heavy atom. The third-order valence-electron chi connectivity index (χ3n) is 3.37. The molecule has 0 amide bonds. The van der Waals surface area contributed by atoms with Crippen molar-refractivity contribution in [3.8, 4) is 0 Å². The Bertz CT molecular complexity index is 583. The van der Waals surface area contributed by atoms with Crippen molar-refractivity contribution in [1.29, 1.82) is 0 Å². The first-order valence-electron chi connectivity index (χ1n) is 8.45. The fourth-order valence-corrected chi connectivity index (χ4v) is 3.02. The van der Waals surface area contributed by atoms with Crippen LogP contribution in [0.4, 0.5) is 0 Å². The first kappa shape index (κ1) is 18.4. The monoisotopic (exact) mass is 345 g/mol. The molecule has 1 unspecified atom stereocenters. The highest BCUT2D eigenvalue weighted by atomic mass is 32.2. The van der Waals surface area contributed by atoms with Crippen molar-refractivity contribution in [2.45, 2.75) is 25.3 Å². The van der Waals surface area contributed by atoms with E-state index in [2.05, 4.69) is 58.8 Å². The Morgan fingerprint density at radius 2 is 2.08 bits per heavy atom. The first-order valence-corrected chi connectivity index (χ1v) is 9.44. The van der Waals surface area contributed by atoms with E-state index in [-0.39, 0.29) is 0 Å². The minimum absolute atomic E-state index is 0.444. The van der Waals surface area contributed by atoms with Crippen LogP contribution in [0.2, 0.25) is 0 Å². The van der Waals surface area contributed by atoms with Gasteiger partial charge < -0.3 is 10.6 Å². The van der Waals surface area contributed by atoms with Gasteiger partial charge in [0.25, 0.3) is 0 Å². The number of nitrogens with one attached hydrogen (secondary N) is 2. The first-order chi connectivity index (χ1) is 11.8. The van der Waals surface area contributed by atoms with Crippen molar-refractivity contribution in [1.82, 2.24) is 20.4 Å². The SMILES string of the molecule is CCNC(=NCC(C)Cn1cccn1)NCCSc1ccccc1. The Kier molecular flexibility index (Phi) is 8.24. The van der Waals surface area contributed by atoms with Gasteiger partial charge in [0.05, 0.1) is 0 Å². The highest BCUT2D eigenvalue weighted by molar-refractivity contribution is 7.99. The van der Waals surface area contributed by atoms with Gasteiger partial charge in [0.15, 0.2) is 5.96 Å². The van der Waals surface area contributed by atoms with Crippen LogP contribution in [-0.4, -0.2) is 41.1 Å². The van der Waals surface area contributed by atoms with Crippen molar-refractivity contribution in [3.63, 3.8) is 0 Å². The third-order valence-corrected chi connectivity index (χ3v) is 4.38. The van der Waals surface area contributed by atoms with E-state index in [1.165, 1.54) is 4.90 Å². The van der Waals surface area contributed by atoms with E-state index in [0.29, 0.717) is 5.92 Å². The Morgan fingerprint density at radius 1 is 1.25 bits per heavy atom. The van der Waals surface area contributed by atoms with E-state index in [1.54, 1.807) is 0 Å². The van der Waals surface area contributed by atoms with Gasteiger partial charge in [-0.2, -0.15) is 5.10 Å². The Hall–Kier alpha value is -1.95. The normalized spacial score (nSPS) is 12.8. The molecule has 0 aliphatic carbocycles. The summed E-state index contributed by atoms with van der Waals surface area (Å²) in [6.45, 7) is 7.70. The smallest absolute Gasteiger partial charge is 0.191 e. The van der Waals surface area contributed by atoms with Crippen molar-refractivity contribution >= 4 is 17.7 Å². The van der Waals surface area contributed by atoms with Gasteiger partial charge in [0, 0.05) is 49.2 Å². The van der Waals surface area contributed by atoms with Crippen LogP contribution >= 0.6 is 11.8 Å². The van der Waals surface area contributed by atoms with E-state index in [1.807, 2.05) is 41.0 Å². The molecule has 0 spiro atoms. The summed E-state index contributed by atoms with van der Waals surface area (Å²) in [4.78, 5) is 5.98. The van der Waals surface area contributed by atoms with Crippen LogP contribution in [0.5, 0.6) is 0 Å². The number of nitrogens with zero attached hydrogens (tertiary/aromatic N) is 3. The largest absolute Gasteiger partial charge is 0.357 e. The molecule has 0 aliphatic heterocycles. The zero-order valence-corrected chi connectivity index (χ0v) is 15.3. The molecule has 1 heterocycles. The molecule has 2 aromatic rings. The van der Waals surface area contributed by atoms with Crippen molar-refractivity contribution in [3.05, 3.63) is 48.8 Å². The Balaban J connectivity index is 1.71. The summed E-state index contributed by atoms with van der Waals surface area (Å²) in [6, 6.07) is 12.4. The van der Waals surface area contributed by atoms with Crippen LogP contribution in [0, 0.1) is 5.92 Å². The van der Waals surface area contributed by atoms with Crippen molar-refractivity contribution in [2.24, 2.45) is 10.9 Å². The molecule has 5 nitrogen and oxygen atoms in total. The van der Waals surface area contributed by atoms with Crippen LogP contribution in [0.25, 0.3) is 0 Å². The number of hydrogen-bond donors (Lipinski definition) is 2. The number of hydrogen-bond acceptors (Lipinski definition) is 3. The molecule has 130 valence electrons. The van der Waals surface area contributed by atoms with Gasteiger partial charge in [0.2, 0.25) is 0 Å². The van der Waals surface area contributed by atoms with Gasteiger partial charge >= 0.3 is 0 Å². The quantitative estimate of drug-likeness (QED) is 0.318. The van der Waals surface area contributed by atoms with Crippen LogP contribution in [0.1, 0.15) is 13.8 Å². The molecular weight excluding hydrogens is 318 g/mol. The van der Waals surface area contributed by atoms with Gasteiger partial charge in [-0.15, -0.1) is 11.8 Å². The fourth-order valence-electron chi connectivity index (χ4n) is 2.23. The number of guanidine groups is 1. The predicted molar refractivity (Wildman–Crippen MR) is 103 cm³/mol. The standard InChI is InChI=1S/C18H27N5S/c1-3-19-18(20-11-13-24-17-8-5-4-6-9-17)21-14-16(2)15-23-12-7-10-22-23/h4-10,12,16H,3,11,13-15H2,1-2H3,(H2,19,20,21). The van der Waals surface area contributed by atoms with Gasteiger partial charge in [-0.1, -0.05) is 25.1 Å². The fraction of sp³-hybridized carbons (Fsp3) is 0.444. The average molecular weight is 346 g/mol. The lowest BCUT2D eigenvalue weighted by Gasteiger charge is -2.13. The van der Waals surface area contributed by atoms with E-state index in [9.17, 15) is 0 Å². The maximum absolute atomic E-state index is 4.68. The molecule has 2 N–H and O–H groups in total. The second-order valence-corrected chi connectivity index (χ2v) is 6.81. The molecule has 1 aromatic heterocycles. The summed E-state index contributed by atoms with van der Waals surface area (Å²) in [5, 5.41) is 10.9. The topological polar surface area (TPSA) is 54.2 Å². The molecule has 0 saturated heterocycles. The minimum Gasteiger partial charge on any atom is -0.357 e. The number of thioether (sulfide) groups is 1. The van der Waals surface area contributed by atoms with E-state index >= 15 is 0 Å². The number of rotatable bonds is 9. The molecule has 0 fully saturated rings. The number of benzene rings is 1. The van der Waals surface area contributed by atoms with Crippen molar-refractivity contribution < 1.29 is 0 Å². The second kappa shape index (κ2) is 10.8. The molecular formula is C18H27N5S. The highest BCUT2D eigenvalue weighted by Gasteiger charge is 2.04. The Labute approximate surface area is 148 Å². The lowest BCUT2D eigenvalue weighted by atomic mass is 10.2. The van der Waals surface area contributed by atoms with Gasteiger partial charge in [-0.05, 0) is 31.0 Å². The molecule has 24 heavy (non-hydrogen) atoms. The highest BCUT2D eigenvalue weighted by Crippen LogP contribution is 2.15. The van der Waals surface area contributed by atoms with Crippen molar-refractivity contribution in [2.75, 3.05) is 25.4 Å².